The third kappa shape index (κ3) is 4.04. The Hall–Kier alpha value is -2.48. The fourth-order valence-corrected chi connectivity index (χ4v) is 2.40. The van der Waals surface area contributed by atoms with Gasteiger partial charge in [-0.05, 0) is 28.4 Å². The second kappa shape index (κ2) is 6.74. The maximum absolute atomic E-state index is 12.0. The molecule has 1 aromatic carbocycles. The molecule has 0 aliphatic rings. The fourth-order valence-electron chi connectivity index (χ4n) is 2.08. The number of carbonyl (C=O) groups excluding carboxylic acids is 1. The molecule has 0 atom stereocenters. The van der Waals surface area contributed by atoms with Crippen LogP contribution in [0.2, 0.25) is 0 Å². The van der Waals surface area contributed by atoms with Crippen LogP contribution in [0.15, 0.2) is 47.3 Å². The molecule has 0 aliphatic heterocycles. The van der Waals surface area contributed by atoms with Crippen molar-refractivity contribution in [1.29, 1.82) is 0 Å². The average Bonchev–Trinajstić information content (AvgIpc) is 3.07. The van der Waals surface area contributed by atoms with Gasteiger partial charge in [0.25, 0.3) is 0 Å². The third-order valence-electron chi connectivity index (χ3n) is 3.17. The SMILES string of the molecule is Cc1nn(CC(=O)Nc2ncn(Cc3ccccc3)n2)cc1Br. The van der Waals surface area contributed by atoms with Crippen molar-refractivity contribution in [2.45, 2.75) is 20.0 Å². The Kier molecular flexibility index (Phi) is 4.52. The lowest BCUT2D eigenvalue weighted by Crippen LogP contribution is -2.20. The second-order valence-electron chi connectivity index (χ2n) is 5.06. The molecule has 8 heteroatoms. The highest BCUT2D eigenvalue weighted by Gasteiger charge is 2.09. The Morgan fingerprint density at radius 1 is 1.22 bits per heavy atom. The van der Waals surface area contributed by atoms with Crippen LogP contribution in [-0.2, 0) is 17.9 Å². The van der Waals surface area contributed by atoms with Crippen LogP contribution >= 0.6 is 15.9 Å². The van der Waals surface area contributed by atoms with E-state index in [4.69, 9.17) is 0 Å². The molecule has 23 heavy (non-hydrogen) atoms. The summed E-state index contributed by atoms with van der Waals surface area (Å²) in [5.41, 5.74) is 1.95. The minimum absolute atomic E-state index is 0.111. The normalized spacial score (nSPS) is 10.7. The molecule has 0 saturated carbocycles. The number of hydrogen-bond donors (Lipinski definition) is 1. The topological polar surface area (TPSA) is 77.6 Å². The van der Waals surface area contributed by atoms with Gasteiger partial charge >= 0.3 is 0 Å². The summed E-state index contributed by atoms with van der Waals surface area (Å²) in [5, 5.41) is 11.1. The molecular weight excluding hydrogens is 360 g/mol. The average molecular weight is 375 g/mol. The lowest BCUT2D eigenvalue weighted by atomic mass is 10.2. The summed E-state index contributed by atoms with van der Waals surface area (Å²) in [6.45, 7) is 2.58. The van der Waals surface area contributed by atoms with Gasteiger partial charge in [-0.3, -0.25) is 14.8 Å². The highest BCUT2D eigenvalue weighted by Crippen LogP contribution is 2.13. The maximum Gasteiger partial charge on any atom is 0.248 e. The highest BCUT2D eigenvalue weighted by atomic mass is 79.9. The van der Waals surface area contributed by atoms with Crippen LogP contribution in [-0.4, -0.2) is 30.5 Å². The molecule has 0 saturated heterocycles. The van der Waals surface area contributed by atoms with Crippen LogP contribution in [0, 0.1) is 6.92 Å². The molecule has 118 valence electrons. The van der Waals surface area contributed by atoms with Crippen molar-refractivity contribution in [3.63, 3.8) is 0 Å². The number of carbonyl (C=O) groups is 1. The zero-order chi connectivity index (χ0) is 16.2. The zero-order valence-electron chi connectivity index (χ0n) is 12.5. The molecule has 0 unspecified atom stereocenters. The van der Waals surface area contributed by atoms with E-state index in [0.29, 0.717) is 6.54 Å². The van der Waals surface area contributed by atoms with Gasteiger partial charge in [0.15, 0.2) is 0 Å². The van der Waals surface area contributed by atoms with Gasteiger partial charge in [0.1, 0.15) is 12.9 Å². The van der Waals surface area contributed by atoms with Crippen molar-refractivity contribution in [3.8, 4) is 0 Å². The van der Waals surface area contributed by atoms with Crippen LogP contribution in [0.3, 0.4) is 0 Å². The first-order chi connectivity index (χ1) is 11.1. The summed E-state index contributed by atoms with van der Waals surface area (Å²) < 4.78 is 4.12. The van der Waals surface area contributed by atoms with Crippen molar-refractivity contribution >= 4 is 27.8 Å². The molecule has 0 radical (unpaired) electrons. The van der Waals surface area contributed by atoms with E-state index in [1.54, 1.807) is 21.9 Å². The van der Waals surface area contributed by atoms with Gasteiger partial charge in [0, 0.05) is 6.20 Å². The number of anilines is 1. The summed E-state index contributed by atoms with van der Waals surface area (Å²) in [6.07, 6.45) is 3.35. The largest absolute Gasteiger partial charge is 0.292 e. The van der Waals surface area contributed by atoms with E-state index < -0.39 is 0 Å². The van der Waals surface area contributed by atoms with E-state index in [0.717, 1.165) is 15.7 Å². The van der Waals surface area contributed by atoms with Crippen LogP contribution in [0.1, 0.15) is 11.3 Å². The number of halogens is 1. The van der Waals surface area contributed by atoms with Gasteiger partial charge in [-0.15, -0.1) is 5.10 Å². The maximum atomic E-state index is 12.0. The van der Waals surface area contributed by atoms with E-state index in [1.165, 1.54) is 0 Å². The number of nitrogens with one attached hydrogen (secondary N) is 1. The fraction of sp³-hybridized carbons (Fsp3) is 0.200. The van der Waals surface area contributed by atoms with Crippen molar-refractivity contribution < 1.29 is 4.79 Å². The molecule has 0 spiro atoms. The van der Waals surface area contributed by atoms with Gasteiger partial charge in [-0.2, -0.15) is 5.10 Å². The second-order valence-corrected chi connectivity index (χ2v) is 5.91. The van der Waals surface area contributed by atoms with Crippen molar-refractivity contribution in [2.24, 2.45) is 0 Å². The molecule has 0 bridgehead atoms. The van der Waals surface area contributed by atoms with Gasteiger partial charge in [0.05, 0.1) is 16.7 Å². The van der Waals surface area contributed by atoms with E-state index in [9.17, 15) is 4.79 Å². The quantitative estimate of drug-likeness (QED) is 0.742. The highest BCUT2D eigenvalue weighted by molar-refractivity contribution is 9.10. The lowest BCUT2D eigenvalue weighted by Gasteiger charge is -2.02. The monoisotopic (exact) mass is 374 g/mol. The standard InChI is InChI=1S/C15H15BrN6O/c1-11-13(16)8-21(19-11)9-14(23)18-15-17-10-22(20-15)7-12-5-3-2-4-6-12/h2-6,8,10H,7,9H2,1H3,(H,18,20,23). The Bertz CT molecular complexity index is 791. The van der Waals surface area contributed by atoms with Gasteiger partial charge < -0.3 is 0 Å². The van der Waals surface area contributed by atoms with E-state index >= 15 is 0 Å². The third-order valence-corrected chi connectivity index (χ3v) is 3.95. The van der Waals surface area contributed by atoms with Gasteiger partial charge in [0.2, 0.25) is 11.9 Å². The minimum Gasteiger partial charge on any atom is -0.292 e. The number of aromatic nitrogens is 5. The number of amides is 1. The van der Waals surface area contributed by atoms with E-state index in [-0.39, 0.29) is 18.4 Å². The van der Waals surface area contributed by atoms with Crippen molar-refractivity contribution in [1.82, 2.24) is 24.5 Å². The first-order valence-corrected chi connectivity index (χ1v) is 7.82. The Labute approximate surface area is 141 Å². The number of hydrogen-bond acceptors (Lipinski definition) is 4. The van der Waals surface area contributed by atoms with Crippen LogP contribution in [0.5, 0.6) is 0 Å². The number of aryl methyl sites for hydroxylation is 1. The Morgan fingerprint density at radius 2 is 2.00 bits per heavy atom. The zero-order valence-corrected chi connectivity index (χ0v) is 14.1. The molecule has 1 amide bonds. The molecule has 0 fully saturated rings. The molecule has 3 aromatic rings. The molecule has 2 heterocycles. The molecule has 1 N–H and O–H groups in total. The molecule has 7 nitrogen and oxygen atoms in total. The molecular formula is C15H15BrN6O. The minimum atomic E-state index is -0.225. The summed E-state index contributed by atoms with van der Waals surface area (Å²) in [6, 6.07) is 9.93. The first kappa shape index (κ1) is 15.4. The summed E-state index contributed by atoms with van der Waals surface area (Å²) in [5.74, 6) is 0.0614. The van der Waals surface area contributed by atoms with Gasteiger partial charge in [-0.1, -0.05) is 30.3 Å². The Morgan fingerprint density at radius 3 is 2.70 bits per heavy atom. The van der Waals surface area contributed by atoms with E-state index in [1.807, 2.05) is 37.3 Å². The first-order valence-electron chi connectivity index (χ1n) is 7.03. The van der Waals surface area contributed by atoms with Gasteiger partial charge in [-0.25, -0.2) is 9.67 Å². The lowest BCUT2D eigenvalue weighted by molar-refractivity contribution is -0.116. The van der Waals surface area contributed by atoms with Crippen molar-refractivity contribution in [2.75, 3.05) is 5.32 Å². The predicted octanol–water partition coefficient (Wildman–Crippen LogP) is 2.23. The Balaban J connectivity index is 1.59. The van der Waals surface area contributed by atoms with Crippen LogP contribution in [0.4, 0.5) is 5.95 Å². The number of benzene rings is 1. The number of nitrogens with zero attached hydrogens (tertiary/aromatic N) is 5. The summed E-state index contributed by atoms with van der Waals surface area (Å²) >= 11 is 3.36. The predicted molar refractivity (Wildman–Crippen MR) is 88.9 cm³/mol. The van der Waals surface area contributed by atoms with Crippen molar-refractivity contribution in [3.05, 3.63) is 58.6 Å². The van der Waals surface area contributed by atoms with Crippen LogP contribution < -0.4 is 5.32 Å². The smallest absolute Gasteiger partial charge is 0.248 e. The summed E-state index contributed by atoms with van der Waals surface area (Å²) in [7, 11) is 0. The number of rotatable bonds is 5. The molecule has 3 rings (SSSR count). The van der Waals surface area contributed by atoms with Crippen LogP contribution in [0.25, 0.3) is 0 Å². The summed E-state index contributed by atoms with van der Waals surface area (Å²) in [4.78, 5) is 16.1. The molecule has 2 aromatic heterocycles. The molecule has 0 aliphatic carbocycles. The van der Waals surface area contributed by atoms with E-state index in [2.05, 4.69) is 36.4 Å².